The summed E-state index contributed by atoms with van der Waals surface area (Å²) >= 11 is 5.68. The first-order chi connectivity index (χ1) is 8.49. The van der Waals surface area contributed by atoms with Crippen LogP contribution >= 0.6 is 11.6 Å². The summed E-state index contributed by atoms with van der Waals surface area (Å²) in [5, 5.41) is 2.18. The second-order valence-corrected chi connectivity index (χ2v) is 4.36. The average molecular weight is 277 g/mol. The lowest BCUT2D eigenvalue weighted by atomic mass is 10.0. The number of anilines is 1. The van der Waals surface area contributed by atoms with Crippen molar-refractivity contribution in [3.05, 3.63) is 28.8 Å². The van der Waals surface area contributed by atoms with Crippen LogP contribution in [-0.4, -0.2) is 12.5 Å². The fourth-order valence-corrected chi connectivity index (χ4v) is 1.83. The van der Waals surface area contributed by atoms with Gasteiger partial charge in [-0.05, 0) is 12.5 Å². The molecule has 1 unspecified atom stereocenters. The minimum absolute atomic E-state index is 0.167. The smallest absolute Gasteiger partial charge is 0.228 e. The van der Waals surface area contributed by atoms with Gasteiger partial charge < -0.3 is 11.1 Å². The van der Waals surface area contributed by atoms with Crippen LogP contribution in [-0.2, 0) is 4.79 Å². The zero-order valence-corrected chi connectivity index (χ0v) is 10.7. The fraction of sp³-hybridized carbons (Fsp3) is 0.417. The van der Waals surface area contributed by atoms with Crippen LogP contribution in [0.25, 0.3) is 0 Å². The molecule has 0 aromatic heterocycles. The van der Waals surface area contributed by atoms with Crippen LogP contribution in [0.4, 0.5) is 14.5 Å². The molecule has 1 atom stereocenters. The molecule has 1 aromatic rings. The minimum Gasteiger partial charge on any atom is -0.330 e. The van der Waals surface area contributed by atoms with Gasteiger partial charge in [0.2, 0.25) is 5.91 Å². The third kappa shape index (κ3) is 3.65. The zero-order chi connectivity index (χ0) is 13.7. The van der Waals surface area contributed by atoms with Crippen LogP contribution in [0.2, 0.25) is 5.02 Å². The second-order valence-electron chi connectivity index (χ2n) is 3.95. The van der Waals surface area contributed by atoms with E-state index in [2.05, 4.69) is 5.32 Å². The molecule has 0 saturated heterocycles. The topological polar surface area (TPSA) is 55.1 Å². The van der Waals surface area contributed by atoms with Crippen molar-refractivity contribution in [1.29, 1.82) is 0 Å². The Labute approximate surface area is 109 Å². The van der Waals surface area contributed by atoms with E-state index in [0.29, 0.717) is 12.5 Å². The summed E-state index contributed by atoms with van der Waals surface area (Å²) in [6.07, 6.45) is 1.39. The average Bonchev–Trinajstić information content (AvgIpc) is 2.30. The van der Waals surface area contributed by atoms with Crippen molar-refractivity contribution in [1.82, 2.24) is 0 Å². The van der Waals surface area contributed by atoms with Gasteiger partial charge in [0.25, 0.3) is 0 Å². The van der Waals surface area contributed by atoms with E-state index in [9.17, 15) is 13.6 Å². The fourth-order valence-electron chi connectivity index (χ4n) is 1.59. The molecular weight excluding hydrogens is 262 g/mol. The molecule has 0 spiro atoms. The molecule has 0 heterocycles. The van der Waals surface area contributed by atoms with E-state index in [1.807, 2.05) is 6.92 Å². The standard InChI is InChI=1S/C12H15ClF2N2O/c1-2-3-7(6-16)12(18)17-11-9(13)4-8(14)5-10(11)15/h4-5,7H,2-3,6,16H2,1H3,(H,17,18). The lowest BCUT2D eigenvalue weighted by Gasteiger charge is -2.15. The van der Waals surface area contributed by atoms with Crippen molar-refractivity contribution in [2.75, 3.05) is 11.9 Å². The Kier molecular flexibility index (Phi) is 5.50. The first-order valence-electron chi connectivity index (χ1n) is 5.65. The highest BCUT2D eigenvalue weighted by molar-refractivity contribution is 6.33. The van der Waals surface area contributed by atoms with Crippen molar-refractivity contribution in [2.45, 2.75) is 19.8 Å². The van der Waals surface area contributed by atoms with E-state index < -0.39 is 23.5 Å². The van der Waals surface area contributed by atoms with Crippen LogP contribution in [0, 0.1) is 17.6 Å². The first kappa shape index (κ1) is 14.9. The van der Waals surface area contributed by atoms with Crippen LogP contribution in [0.1, 0.15) is 19.8 Å². The summed E-state index contributed by atoms with van der Waals surface area (Å²) in [5.41, 5.74) is 5.26. The number of carbonyl (C=O) groups excluding carboxylic acids is 1. The molecule has 0 bridgehead atoms. The number of nitrogens with one attached hydrogen (secondary N) is 1. The van der Waals surface area contributed by atoms with Gasteiger partial charge in [-0.3, -0.25) is 4.79 Å². The monoisotopic (exact) mass is 276 g/mol. The summed E-state index contributed by atoms with van der Waals surface area (Å²) in [4.78, 5) is 11.8. The Hall–Kier alpha value is -1.20. The van der Waals surface area contributed by atoms with Gasteiger partial charge in [0, 0.05) is 12.6 Å². The normalized spacial score (nSPS) is 12.3. The zero-order valence-electron chi connectivity index (χ0n) is 9.97. The quantitative estimate of drug-likeness (QED) is 0.869. The number of rotatable bonds is 5. The predicted octanol–water partition coefficient (Wildman–Crippen LogP) is 2.93. The molecule has 0 fully saturated rings. The third-order valence-corrected chi connectivity index (χ3v) is 2.85. The van der Waals surface area contributed by atoms with Gasteiger partial charge in [0.1, 0.15) is 5.82 Å². The van der Waals surface area contributed by atoms with Crippen LogP contribution in [0.5, 0.6) is 0 Å². The molecule has 1 amide bonds. The molecule has 3 nitrogen and oxygen atoms in total. The molecule has 0 radical (unpaired) electrons. The highest BCUT2D eigenvalue weighted by Crippen LogP contribution is 2.27. The third-order valence-electron chi connectivity index (χ3n) is 2.55. The van der Waals surface area contributed by atoms with Crippen molar-refractivity contribution < 1.29 is 13.6 Å². The summed E-state index contributed by atoms with van der Waals surface area (Å²) in [6, 6.07) is 1.61. The van der Waals surface area contributed by atoms with Gasteiger partial charge in [0.15, 0.2) is 5.82 Å². The molecule has 0 aliphatic rings. The largest absolute Gasteiger partial charge is 0.330 e. The number of halogens is 3. The van der Waals surface area contributed by atoms with Crippen molar-refractivity contribution in [2.24, 2.45) is 11.7 Å². The van der Waals surface area contributed by atoms with Crippen molar-refractivity contribution in [3.8, 4) is 0 Å². The van der Waals surface area contributed by atoms with E-state index in [0.717, 1.165) is 12.5 Å². The van der Waals surface area contributed by atoms with Crippen molar-refractivity contribution in [3.63, 3.8) is 0 Å². The number of benzene rings is 1. The number of hydrogen-bond acceptors (Lipinski definition) is 2. The highest BCUT2D eigenvalue weighted by atomic mass is 35.5. The molecule has 0 aliphatic heterocycles. The summed E-state index contributed by atoms with van der Waals surface area (Å²) in [7, 11) is 0. The predicted molar refractivity (Wildman–Crippen MR) is 67.5 cm³/mol. The Morgan fingerprint density at radius 2 is 2.17 bits per heavy atom. The number of hydrogen-bond donors (Lipinski definition) is 2. The summed E-state index contributed by atoms with van der Waals surface area (Å²) in [5.74, 6) is -2.51. The number of carbonyl (C=O) groups is 1. The van der Waals surface area contributed by atoms with Gasteiger partial charge in [0.05, 0.1) is 16.6 Å². The van der Waals surface area contributed by atoms with Gasteiger partial charge >= 0.3 is 0 Å². The molecule has 0 saturated carbocycles. The van der Waals surface area contributed by atoms with Gasteiger partial charge in [-0.1, -0.05) is 24.9 Å². The second kappa shape index (κ2) is 6.66. The number of amides is 1. The molecule has 3 N–H and O–H groups in total. The maximum Gasteiger partial charge on any atom is 0.228 e. The Morgan fingerprint density at radius 3 is 2.67 bits per heavy atom. The molecule has 0 aliphatic carbocycles. The maximum absolute atomic E-state index is 13.5. The lowest BCUT2D eigenvalue weighted by Crippen LogP contribution is -2.29. The van der Waals surface area contributed by atoms with E-state index >= 15 is 0 Å². The molecular formula is C12H15ClF2N2O. The van der Waals surface area contributed by atoms with Crippen LogP contribution in [0.15, 0.2) is 12.1 Å². The van der Waals surface area contributed by atoms with Crippen molar-refractivity contribution >= 4 is 23.2 Å². The van der Waals surface area contributed by atoms with Gasteiger partial charge in [-0.2, -0.15) is 0 Å². The lowest BCUT2D eigenvalue weighted by molar-refractivity contribution is -0.119. The Balaban J connectivity index is 2.87. The van der Waals surface area contributed by atoms with E-state index in [-0.39, 0.29) is 17.3 Å². The number of nitrogens with two attached hydrogens (primary N) is 1. The summed E-state index contributed by atoms with van der Waals surface area (Å²) < 4.78 is 26.3. The molecule has 18 heavy (non-hydrogen) atoms. The minimum atomic E-state index is -0.902. The molecule has 1 rings (SSSR count). The van der Waals surface area contributed by atoms with E-state index in [1.54, 1.807) is 0 Å². The van der Waals surface area contributed by atoms with Crippen LogP contribution in [0.3, 0.4) is 0 Å². The highest BCUT2D eigenvalue weighted by Gasteiger charge is 2.19. The van der Waals surface area contributed by atoms with E-state index in [1.165, 1.54) is 0 Å². The molecule has 100 valence electrons. The van der Waals surface area contributed by atoms with Gasteiger partial charge in [-0.15, -0.1) is 0 Å². The maximum atomic E-state index is 13.5. The molecule has 1 aromatic carbocycles. The SMILES string of the molecule is CCCC(CN)C(=O)Nc1c(F)cc(F)cc1Cl. The van der Waals surface area contributed by atoms with E-state index in [4.69, 9.17) is 17.3 Å². The first-order valence-corrected chi connectivity index (χ1v) is 6.02. The Bertz CT molecular complexity index is 417. The summed E-state index contributed by atoms with van der Waals surface area (Å²) in [6.45, 7) is 2.08. The van der Waals surface area contributed by atoms with Gasteiger partial charge in [-0.25, -0.2) is 8.78 Å². The Morgan fingerprint density at radius 1 is 1.50 bits per heavy atom. The van der Waals surface area contributed by atoms with Crippen LogP contribution < -0.4 is 11.1 Å². The molecule has 6 heteroatoms.